The van der Waals surface area contributed by atoms with Gasteiger partial charge in [-0.05, 0) is 40.2 Å². The van der Waals surface area contributed by atoms with E-state index < -0.39 is 11.6 Å². The topological polar surface area (TPSA) is 29.5 Å². The van der Waals surface area contributed by atoms with Crippen molar-refractivity contribution in [2.45, 2.75) is 45.3 Å². The lowest BCUT2D eigenvalue weighted by molar-refractivity contribution is -0.161. The van der Waals surface area contributed by atoms with E-state index >= 15 is 0 Å². The molecule has 0 aromatic heterocycles. The first-order valence-corrected chi connectivity index (χ1v) is 5.60. The highest BCUT2D eigenvalue weighted by Gasteiger charge is 2.44. The van der Waals surface area contributed by atoms with E-state index in [0.717, 1.165) is 6.54 Å². The van der Waals surface area contributed by atoms with Gasteiger partial charge in [0.05, 0.1) is 6.61 Å². The zero-order valence-corrected chi connectivity index (χ0v) is 9.75. The van der Waals surface area contributed by atoms with Gasteiger partial charge < -0.3 is 4.74 Å². The first-order valence-electron chi connectivity index (χ1n) is 5.60. The predicted molar refractivity (Wildman–Crippen MR) is 56.4 cm³/mol. The average molecular weight is 217 g/mol. The molecule has 0 radical (unpaired) electrons. The van der Waals surface area contributed by atoms with Crippen molar-refractivity contribution in [2.24, 2.45) is 0 Å². The Morgan fingerprint density at radius 1 is 1.60 bits per heavy atom. The summed E-state index contributed by atoms with van der Waals surface area (Å²) >= 11 is 0. The third kappa shape index (κ3) is 2.91. The highest BCUT2D eigenvalue weighted by Crippen LogP contribution is 2.27. The first kappa shape index (κ1) is 12.4. The molecule has 1 unspecified atom stereocenters. The zero-order valence-electron chi connectivity index (χ0n) is 9.75. The molecule has 0 aromatic rings. The zero-order chi connectivity index (χ0) is 11.5. The minimum atomic E-state index is -1.79. The van der Waals surface area contributed by atoms with Crippen LogP contribution in [0.5, 0.6) is 0 Å². The molecule has 1 aliphatic heterocycles. The Labute approximate surface area is 90.6 Å². The Bertz CT molecular complexity index is 233. The summed E-state index contributed by atoms with van der Waals surface area (Å²) in [5.41, 5.74) is -1.79. The van der Waals surface area contributed by atoms with E-state index in [2.05, 4.69) is 0 Å². The van der Waals surface area contributed by atoms with Gasteiger partial charge in [-0.2, -0.15) is 0 Å². The van der Waals surface area contributed by atoms with Gasteiger partial charge in [-0.3, -0.25) is 4.90 Å². The molecular formula is C11H20FNO2. The molecule has 88 valence electrons. The van der Waals surface area contributed by atoms with Gasteiger partial charge >= 0.3 is 5.97 Å². The number of hydrogen-bond acceptors (Lipinski definition) is 3. The monoisotopic (exact) mass is 217 g/mol. The van der Waals surface area contributed by atoms with E-state index in [4.69, 9.17) is 4.74 Å². The second-order valence-electron chi connectivity index (χ2n) is 4.35. The highest BCUT2D eigenvalue weighted by atomic mass is 19.1. The van der Waals surface area contributed by atoms with Crippen LogP contribution in [0.1, 0.15) is 33.6 Å². The maximum Gasteiger partial charge on any atom is 0.345 e. The molecule has 3 nitrogen and oxygen atoms in total. The summed E-state index contributed by atoms with van der Waals surface area (Å²) < 4.78 is 19.0. The minimum Gasteiger partial charge on any atom is -0.464 e. The molecule has 0 spiro atoms. The molecule has 4 heteroatoms. The van der Waals surface area contributed by atoms with Gasteiger partial charge in [0.15, 0.2) is 0 Å². The van der Waals surface area contributed by atoms with E-state index in [1.54, 1.807) is 6.92 Å². The highest BCUT2D eigenvalue weighted by molar-refractivity contribution is 5.79. The molecule has 0 bridgehead atoms. The van der Waals surface area contributed by atoms with Crippen LogP contribution in [-0.2, 0) is 9.53 Å². The van der Waals surface area contributed by atoms with Crippen molar-refractivity contribution < 1.29 is 13.9 Å². The molecule has 0 saturated carbocycles. The van der Waals surface area contributed by atoms with Crippen molar-refractivity contribution >= 4 is 5.97 Å². The maximum absolute atomic E-state index is 14.2. The number of rotatable bonds is 3. The lowest BCUT2D eigenvalue weighted by Crippen LogP contribution is -2.52. The lowest BCUT2D eigenvalue weighted by Gasteiger charge is -2.37. The van der Waals surface area contributed by atoms with Crippen molar-refractivity contribution in [3.63, 3.8) is 0 Å². The molecule has 1 atom stereocenters. The van der Waals surface area contributed by atoms with Crippen molar-refractivity contribution in [3.8, 4) is 0 Å². The van der Waals surface area contributed by atoms with Crippen LogP contribution in [0.15, 0.2) is 0 Å². The number of carbonyl (C=O) groups is 1. The third-order valence-electron chi connectivity index (χ3n) is 2.84. The second kappa shape index (κ2) is 4.92. The summed E-state index contributed by atoms with van der Waals surface area (Å²) in [6.07, 6.45) is 1.00. The van der Waals surface area contributed by atoms with E-state index in [9.17, 15) is 9.18 Å². The fourth-order valence-electron chi connectivity index (χ4n) is 1.91. The van der Waals surface area contributed by atoms with Crippen molar-refractivity contribution in [1.29, 1.82) is 0 Å². The van der Waals surface area contributed by atoms with Crippen LogP contribution in [-0.4, -0.2) is 42.3 Å². The van der Waals surface area contributed by atoms with Crippen LogP contribution < -0.4 is 0 Å². The minimum absolute atomic E-state index is 0.170. The fourth-order valence-corrected chi connectivity index (χ4v) is 1.91. The molecule has 1 rings (SSSR count). The van der Waals surface area contributed by atoms with Crippen LogP contribution in [0.4, 0.5) is 4.39 Å². The Balaban J connectivity index is 2.63. The number of likely N-dealkylation sites (tertiary alicyclic amines) is 1. The average Bonchev–Trinajstić information content (AvgIpc) is 2.18. The first-order chi connectivity index (χ1) is 6.99. The lowest BCUT2D eigenvalue weighted by atomic mass is 9.94. The number of carbonyl (C=O) groups excluding carboxylic acids is 1. The van der Waals surface area contributed by atoms with Gasteiger partial charge in [0, 0.05) is 12.6 Å². The SMILES string of the molecule is CCOC(=O)C1(F)CCCN(C(C)C)C1. The predicted octanol–water partition coefficient (Wildman–Crippen LogP) is 1.76. The molecule has 1 fully saturated rings. The van der Waals surface area contributed by atoms with Crippen molar-refractivity contribution in [2.75, 3.05) is 19.7 Å². The number of alkyl halides is 1. The van der Waals surface area contributed by atoms with Gasteiger partial charge in [-0.25, -0.2) is 9.18 Å². The van der Waals surface area contributed by atoms with Crippen LogP contribution in [0.2, 0.25) is 0 Å². The van der Waals surface area contributed by atoms with Gasteiger partial charge in [-0.1, -0.05) is 0 Å². The van der Waals surface area contributed by atoms with Gasteiger partial charge in [0.2, 0.25) is 5.67 Å². The van der Waals surface area contributed by atoms with E-state index in [1.165, 1.54) is 0 Å². The summed E-state index contributed by atoms with van der Waals surface area (Å²) in [5.74, 6) is -0.699. The molecule has 0 aliphatic carbocycles. The van der Waals surface area contributed by atoms with Crippen molar-refractivity contribution in [1.82, 2.24) is 4.90 Å². The Morgan fingerprint density at radius 2 is 2.27 bits per heavy atom. The number of ether oxygens (including phenoxy) is 1. The Morgan fingerprint density at radius 3 is 2.80 bits per heavy atom. The summed E-state index contributed by atoms with van der Waals surface area (Å²) in [4.78, 5) is 13.5. The molecule has 0 aromatic carbocycles. The van der Waals surface area contributed by atoms with E-state index in [-0.39, 0.29) is 25.6 Å². The smallest absolute Gasteiger partial charge is 0.345 e. The molecule has 0 amide bonds. The van der Waals surface area contributed by atoms with Crippen molar-refractivity contribution in [3.05, 3.63) is 0 Å². The van der Waals surface area contributed by atoms with E-state index in [0.29, 0.717) is 6.42 Å². The standard InChI is InChI=1S/C11H20FNO2/c1-4-15-10(14)11(12)6-5-7-13(8-11)9(2)3/h9H,4-8H2,1-3H3. The molecular weight excluding hydrogens is 197 g/mol. The Hall–Kier alpha value is -0.640. The van der Waals surface area contributed by atoms with Gasteiger partial charge in [0.25, 0.3) is 0 Å². The maximum atomic E-state index is 14.2. The number of esters is 1. The van der Waals surface area contributed by atoms with E-state index in [1.807, 2.05) is 18.7 Å². The molecule has 0 N–H and O–H groups in total. The number of nitrogens with zero attached hydrogens (tertiary/aromatic N) is 1. The summed E-state index contributed by atoms with van der Waals surface area (Å²) in [5, 5.41) is 0. The summed E-state index contributed by atoms with van der Waals surface area (Å²) in [7, 11) is 0. The fraction of sp³-hybridized carbons (Fsp3) is 0.909. The number of piperidine rings is 1. The number of hydrogen-bond donors (Lipinski definition) is 0. The largest absolute Gasteiger partial charge is 0.464 e. The van der Waals surface area contributed by atoms with Crippen LogP contribution in [0.3, 0.4) is 0 Å². The van der Waals surface area contributed by atoms with Crippen LogP contribution in [0, 0.1) is 0 Å². The van der Waals surface area contributed by atoms with Gasteiger partial charge in [-0.15, -0.1) is 0 Å². The molecule has 1 heterocycles. The third-order valence-corrected chi connectivity index (χ3v) is 2.84. The quantitative estimate of drug-likeness (QED) is 0.675. The normalized spacial score (nSPS) is 28.1. The molecule has 1 aliphatic rings. The molecule has 1 saturated heterocycles. The summed E-state index contributed by atoms with van der Waals surface area (Å²) in [6.45, 7) is 7.00. The summed E-state index contributed by atoms with van der Waals surface area (Å²) in [6, 6.07) is 0.273. The Kier molecular flexibility index (Phi) is 4.08. The molecule has 15 heavy (non-hydrogen) atoms. The van der Waals surface area contributed by atoms with Gasteiger partial charge in [0.1, 0.15) is 0 Å². The van der Waals surface area contributed by atoms with Crippen LogP contribution in [0.25, 0.3) is 0 Å². The van der Waals surface area contributed by atoms with Crippen LogP contribution >= 0.6 is 0 Å². The second-order valence-corrected chi connectivity index (χ2v) is 4.35. The number of halogens is 1.